The van der Waals surface area contributed by atoms with E-state index < -0.39 is 0 Å². The molecule has 0 amide bonds. The second-order valence-corrected chi connectivity index (χ2v) is 8.81. The molecule has 1 nitrogen and oxygen atoms in total. The third-order valence-corrected chi connectivity index (χ3v) is 5.63. The van der Waals surface area contributed by atoms with Crippen LogP contribution in [0.25, 0.3) is 0 Å². The molecule has 0 aliphatic heterocycles. The number of rotatable bonds is 12. The Bertz CT molecular complexity index is 160. The first-order valence-electron chi connectivity index (χ1n) is 7.65. The Labute approximate surface area is 130 Å². The number of thioether (sulfide) groups is 2. The van der Waals surface area contributed by atoms with Gasteiger partial charge in [0.25, 0.3) is 0 Å². The summed E-state index contributed by atoms with van der Waals surface area (Å²) in [6, 6.07) is 0. The number of hydrogen-bond donors (Lipinski definition) is 0. The van der Waals surface area contributed by atoms with Crippen molar-refractivity contribution in [3.05, 3.63) is 0 Å². The minimum Gasteiger partial charge on any atom is -0.381 e. The largest absolute Gasteiger partial charge is 0.381 e. The van der Waals surface area contributed by atoms with Crippen molar-refractivity contribution in [2.75, 3.05) is 36.2 Å². The predicted octanol–water partition coefficient (Wildman–Crippen LogP) is 5.05. The van der Waals surface area contributed by atoms with E-state index in [9.17, 15) is 0 Å². The van der Waals surface area contributed by atoms with Crippen LogP contribution in [-0.4, -0.2) is 36.2 Å². The van der Waals surface area contributed by atoms with Crippen LogP contribution in [0, 0.1) is 23.7 Å². The van der Waals surface area contributed by atoms with Gasteiger partial charge in [-0.1, -0.05) is 41.5 Å². The molecule has 0 spiro atoms. The number of ether oxygens (including phenoxy) is 1. The van der Waals surface area contributed by atoms with Crippen molar-refractivity contribution in [1.82, 2.24) is 0 Å². The molecular formula is C16H34OS2. The zero-order valence-corrected chi connectivity index (χ0v) is 15.4. The first-order chi connectivity index (χ1) is 8.91. The lowest BCUT2D eigenvalue weighted by molar-refractivity contribution is 0.0907. The third-order valence-electron chi connectivity index (χ3n) is 2.41. The van der Waals surface area contributed by atoms with E-state index in [1.165, 1.54) is 23.0 Å². The van der Waals surface area contributed by atoms with Crippen molar-refractivity contribution in [3.63, 3.8) is 0 Å². The van der Waals surface area contributed by atoms with Gasteiger partial charge in [-0.05, 0) is 40.8 Å². The minimum absolute atomic E-state index is 0.646. The fourth-order valence-corrected chi connectivity index (χ4v) is 4.01. The molecule has 0 atom stereocenters. The van der Waals surface area contributed by atoms with Crippen molar-refractivity contribution in [2.24, 2.45) is 23.7 Å². The summed E-state index contributed by atoms with van der Waals surface area (Å²) < 4.78 is 5.85. The summed E-state index contributed by atoms with van der Waals surface area (Å²) >= 11 is 4.19. The van der Waals surface area contributed by atoms with E-state index in [0.717, 1.165) is 25.0 Å². The van der Waals surface area contributed by atoms with Crippen LogP contribution >= 0.6 is 23.5 Å². The van der Waals surface area contributed by atoms with E-state index >= 15 is 0 Å². The Balaban J connectivity index is 3.85. The predicted molar refractivity (Wildman–Crippen MR) is 93.5 cm³/mol. The highest BCUT2D eigenvalue weighted by molar-refractivity contribution is 8.00. The molecule has 0 rings (SSSR count). The summed E-state index contributed by atoms with van der Waals surface area (Å²) in [6.07, 6.45) is 0. The van der Waals surface area contributed by atoms with Crippen LogP contribution < -0.4 is 0 Å². The van der Waals surface area contributed by atoms with E-state index in [1.54, 1.807) is 0 Å². The first kappa shape index (κ1) is 19.7. The van der Waals surface area contributed by atoms with Gasteiger partial charge >= 0.3 is 0 Å². The fraction of sp³-hybridized carbons (Fsp3) is 1.00. The van der Waals surface area contributed by atoms with Crippen LogP contribution in [0.3, 0.4) is 0 Å². The second-order valence-electron chi connectivity index (χ2n) is 6.66. The van der Waals surface area contributed by atoms with Crippen molar-refractivity contribution in [2.45, 2.75) is 41.5 Å². The maximum absolute atomic E-state index is 5.85. The van der Waals surface area contributed by atoms with Crippen molar-refractivity contribution < 1.29 is 4.74 Å². The summed E-state index contributed by atoms with van der Waals surface area (Å²) in [4.78, 5) is 0. The van der Waals surface area contributed by atoms with Gasteiger partial charge in [0.05, 0.1) is 6.61 Å². The highest BCUT2D eigenvalue weighted by Crippen LogP contribution is 2.19. The van der Waals surface area contributed by atoms with Crippen LogP contribution in [0.5, 0.6) is 0 Å². The van der Waals surface area contributed by atoms with Gasteiger partial charge in [0.1, 0.15) is 0 Å². The summed E-state index contributed by atoms with van der Waals surface area (Å²) in [7, 11) is 0. The Morgan fingerprint density at radius 3 is 1.47 bits per heavy atom. The highest BCUT2D eigenvalue weighted by Gasteiger charge is 2.11. The molecule has 0 bridgehead atoms. The SMILES string of the molecule is CC(C)COCC(CSCC(C)C)CSCC(C)C. The normalized spacial score (nSPS) is 12.3. The molecule has 3 heteroatoms. The standard InChI is InChI=1S/C16H34OS2/c1-13(2)7-17-8-16(11-18-9-14(3)4)12-19-10-15(5)6/h13-16H,7-12H2,1-6H3. The van der Waals surface area contributed by atoms with Crippen LogP contribution in [0.1, 0.15) is 41.5 Å². The van der Waals surface area contributed by atoms with Crippen LogP contribution in [-0.2, 0) is 4.74 Å². The quantitative estimate of drug-likeness (QED) is 0.499. The Morgan fingerprint density at radius 1 is 0.632 bits per heavy atom. The van der Waals surface area contributed by atoms with Gasteiger partial charge in [-0.15, -0.1) is 0 Å². The van der Waals surface area contributed by atoms with Crippen molar-refractivity contribution >= 4 is 23.5 Å². The molecule has 0 saturated heterocycles. The Hall–Kier alpha value is 0.660. The third kappa shape index (κ3) is 14.9. The molecule has 0 aromatic heterocycles. The molecule has 0 aliphatic rings. The highest BCUT2D eigenvalue weighted by atomic mass is 32.2. The van der Waals surface area contributed by atoms with Gasteiger partial charge in [0, 0.05) is 12.5 Å². The molecule has 0 aliphatic carbocycles. The molecule has 0 fully saturated rings. The second kappa shape index (κ2) is 12.4. The van der Waals surface area contributed by atoms with Gasteiger partial charge in [0.2, 0.25) is 0 Å². The lowest BCUT2D eigenvalue weighted by Gasteiger charge is -2.18. The topological polar surface area (TPSA) is 9.23 Å². The van der Waals surface area contributed by atoms with E-state index in [-0.39, 0.29) is 0 Å². The van der Waals surface area contributed by atoms with E-state index in [4.69, 9.17) is 4.74 Å². The summed E-state index contributed by atoms with van der Waals surface area (Å²) in [6.45, 7) is 15.5. The molecule has 0 radical (unpaired) electrons. The zero-order chi connectivity index (χ0) is 14.7. The van der Waals surface area contributed by atoms with Gasteiger partial charge in [-0.3, -0.25) is 0 Å². The summed E-state index contributed by atoms with van der Waals surface area (Å²) in [5.74, 6) is 8.00. The first-order valence-corrected chi connectivity index (χ1v) is 9.96. The van der Waals surface area contributed by atoms with Gasteiger partial charge in [-0.2, -0.15) is 23.5 Å². The molecule has 19 heavy (non-hydrogen) atoms. The molecule has 0 N–H and O–H groups in total. The zero-order valence-electron chi connectivity index (χ0n) is 13.8. The number of hydrogen-bond acceptors (Lipinski definition) is 3. The molecule has 0 heterocycles. The smallest absolute Gasteiger partial charge is 0.0510 e. The molecule has 0 unspecified atom stereocenters. The average molecular weight is 307 g/mol. The fourth-order valence-electron chi connectivity index (χ4n) is 1.56. The lowest BCUT2D eigenvalue weighted by atomic mass is 10.2. The minimum atomic E-state index is 0.646. The van der Waals surface area contributed by atoms with E-state index in [1.807, 2.05) is 0 Å². The van der Waals surface area contributed by atoms with E-state index in [2.05, 4.69) is 65.1 Å². The van der Waals surface area contributed by atoms with Crippen LogP contribution in [0.15, 0.2) is 0 Å². The molecule has 116 valence electrons. The van der Waals surface area contributed by atoms with Crippen molar-refractivity contribution in [1.29, 1.82) is 0 Å². The Kier molecular flexibility index (Phi) is 12.8. The molecular weight excluding hydrogens is 272 g/mol. The monoisotopic (exact) mass is 306 g/mol. The molecule has 0 saturated carbocycles. The molecule has 0 aromatic rings. The summed E-state index contributed by atoms with van der Waals surface area (Å²) in [5, 5.41) is 0. The molecule has 0 aromatic carbocycles. The van der Waals surface area contributed by atoms with E-state index in [0.29, 0.717) is 11.8 Å². The maximum atomic E-state index is 5.85. The summed E-state index contributed by atoms with van der Waals surface area (Å²) in [5.41, 5.74) is 0. The maximum Gasteiger partial charge on any atom is 0.0510 e. The van der Waals surface area contributed by atoms with Crippen molar-refractivity contribution in [3.8, 4) is 0 Å². The van der Waals surface area contributed by atoms with Gasteiger partial charge < -0.3 is 4.74 Å². The van der Waals surface area contributed by atoms with Crippen LogP contribution in [0.2, 0.25) is 0 Å². The van der Waals surface area contributed by atoms with Crippen LogP contribution in [0.4, 0.5) is 0 Å². The lowest BCUT2D eigenvalue weighted by Crippen LogP contribution is -2.18. The van der Waals surface area contributed by atoms with Gasteiger partial charge in [0.15, 0.2) is 0 Å². The Morgan fingerprint density at radius 2 is 1.11 bits per heavy atom. The average Bonchev–Trinajstić information content (AvgIpc) is 2.26. The van der Waals surface area contributed by atoms with Gasteiger partial charge in [-0.25, -0.2) is 0 Å².